The predicted molar refractivity (Wildman–Crippen MR) is 78.4 cm³/mol. The number of aliphatic imine (C=N–C) groups is 1. The fourth-order valence-electron chi connectivity index (χ4n) is 1.30. The number of benzene rings is 1. The Balaban J connectivity index is 2.48. The minimum atomic E-state index is 0.103. The zero-order valence-electron chi connectivity index (χ0n) is 10.0. The average Bonchev–Trinajstić information content (AvgIpc) is 2.28. The van der Waals surface area contributed by atoms with Gasteiger partial charge >= 0.3 is 0 Å². The van der Waals surface area contributed by atoms with Crippen LogP contribution in [0.3, 0.4) is 0 Å². The summed E-state index contributed by atoms with van der Waals surface area (Å²) >= 11 is 5.05. The first-order chi connectivity index (χ1) is 8.13. The van der Waals surface area contributed by atoms with Crippen LogP contribution in [0.5, 0.6) is 0 Å². The molecule has 0 unspecified atom stereocenters. The molecule has 0 bridgehead atoms. The van der Waals surface area contributed by atoms with Crippen LogP contribution in [0.1, 0.15) is 12.5 Å². The number of methoxy groups -OCH3 is 1. The molecule has 3 nitrogen and oxygen atoms in total. The molecule has 1 aromatic rings. The summed E-state index contributed by atoms with van der Waals surface area (Å²) < 4.78 is 6.11. The molecule has 0 radical (unpaired) electrons. The van der Waals surface area contributed by atoms with Crippen LogP contribution in [0.2, 0.25) is 0 Å². The lowest BCUT2D eigenvalue weighted by Crippen LogP contribution is -2.15. The highest BCUT2D eigenvalue weighted by atomic mass is 79.9. The molecule has 1 rings (SSSR count). The molecule has 0 fully saturated rings. The van der Waals surface area contributed by atoms with E-state index in [1.165, 1.54) is 5.56 Å². The molecule has 0 aliphatic carbocycles. The molecule has 0 saturated carbocycles. The predicted octanol–water partition coefficient (Wildman–Crippen LogP) is 3.03. The first kappa shape index (κ1) is 14.5. The van der Waals surface area contributed by atoms with Crippen LogP contribution in [0.4, 0.5) is 0 Å². The molecule has 0 spiro atoms. The fourth-order valence-corrected chi connectivity index (χ4v) is 2.72. The maximum absolute atomic E-state index is 5.84. The van der Waals surface area contributed by atoms with Gasteiger partial charge in [-0.1, -0.05) is 45.9 Å². The van der Waals surface area contributed by atoms with Crippen LogP contribution in [0, 0.1) is 0 Å². The van der Waals surface area contributed by atoms with Crippen molar-refractivity contribution >= 4 is 32.9 Å². The zero-order chi connectivity index (χ0) is 12.7. The number of hydrogen-bond acceptors (Lipinski definition) is 3. The van der Waals surface area contributed by atoms with Gasteiger partial charge in [-0.3, -0.25) is 4.99 Å². The van der Waals surface area contributed by atoms with Gasteiger partial charge in [0.15, 0.2) is 5.17 Å². The van der Waals surface area contributed by atoms with E-state index < -0.39 is 0 Å². The Bertz CT molecular complexity index is 385. The van der Waals surface area contributed by atoms with Crippen molar-refractivity contribution in [3.63, 3.8) is 0 Å². The Morgan fingerprint density at radius 2 is 2.24 bits per heavy atom. The van der Waals surface area contributed by atoms with Gasteiger partial charge in [0.05, 0.1) is 12.6 Å². The summed E-state index contributed by atoms with van der Waals surface area (Å²) in [7, 11) is 1.66. The summed E-state index contributed by atoms with van der Waals surface area (Å²) in [5.41, 5.74) is 7.06. The molecule has 94 valence electrons. The van der Waals surface area contributed by atoms with Crippen molar-refractivity contribution in [2.45, 2.75) is 18.7 Å². The lowest BCUT2D eigenvalue weighted by atomic mass is 10.2. The van der Waals surface area contributed by atoms with Gasteiger partial charge in [-0.15, -0.1) is 0 Å². The number of nitrogens with zero attached hydrogens (tertiary/aromatic N) is 1. The van der Waals surface area contributed by atoms with E-state index in [9.17, 15) is 0 Å². The lowest BCUT2D eigenvalue weighted by Gasteiger charge is -2.07. The maximum atomic E-state index is 5.84. The van der Waals surface area contributed by atoms with E-state index in [0.717, 1.165) is 10.2 Å². The van der Waals surface area contributed by atoms with Gasteiger partial charge in [0.2, 0.25) is 0 Å². The Morgan fingerprint density at radius 3 is 2.88 bits per heavy atom. The Morgan fingerprint density at radius 1 is 1.53 bits per heavy atom. The largest absolute Gasteiger partial charge is 0.382 e. The highest BCUT2D eigenvalue weighted by Gasteiger charge is 2.03. The van der Waals surface area contributed by atoms with Gasteiger partial charge in [-0.25, -0.2) is 0 Å². The second-order valence-corrected chi connectivity index (χ2v) is 5.50. The van der Waals surface area contributed by atoms with Crippen molar-refractivity contribution in [2.75, 3.05) is 13.7 Å². The Labute approximate surface area is 115 Å². The summed E-state index contributed by atoms with van der Waals surface area (Å²) in [5.74, 6) is 0.816. The van der Waals surface area contributed by atoms with E-state index in [-0.39, 0.29) is 6.04 Å². The van der Waals surface area contributed by atoms with Crippen LogP contribution >= 0.6 is 27.7 Å². The van der Waals surface area contributed by atoms with E-state index in [1.807, 2.05) is 25.1 Å². The van der Waals surface area contributed by atoms with E-state index in [4.69, 9.17) is 10.5 Å². The van der Waals surface area contributed by atoms with Gasteiger partial charge in [0.25, 0.3) is 0 Å². The number of ether oxygens (including phenoxy) is 1. The monoisotopic (exact) mass is 316 g/mol. The Hall–Kier alpha value is -0.520. The smallest absolute Gasteiger partial charge is 0.154 e. The molecule has 1 aromatic carbocycles. The Kier molecular flexibility index (Phi) is 6.62. The van der Waals surface area contributed by atoms with Crippen molar-refractivity contribution < 1.29 is 4.74 Å². The summed E-state index contributed by atoms with van der Waals surface area (Å²) in [6.45, 7) is 2.58. The minimum Gasteiger partial charge on any atom is -0.382 e. The highest BCUT2D eigenvalue weighted by Crippen LogP contribution is 2.21. The van der Waals surface area contributed by atoms with Crippen molar-refractivity contribution in [2.24, 2.45) is 10.7 Å². The average molecular weight is 317 g/mol. The van der Waals surface area contributed by atoms with Crippen molar-refractivity contribution in [3.05, 3.63) is 34.3 Å². The van der Waals surface area contributed by atoms with Crippen molar-refractivity contribution in [1.82, 2.24) is 0 Å². The topological polar surface area (TPSA) is 47.6 Å². The number of rotatable bonds is 5. The second-order valence-electron chi connectivity index (χ2n) is 3.65. The molecule has 5 heteroatoms. The number of thioether (sulfide) groups is 1. The molecule has 0 heterocycles. The lowest BCUT2D eigenvalue weighted by molar-refractivity contribution is 0.186. The molecule has 0 aliphatic heterocycles. The van der Waals surface area contributed by atoms with Crippen LogP contribution in [0.15, 0.2) is 33.7 Å². The number of halogens is 1. The second kappa shape index (κ2) is 7.74. The highest BCUT2D eigenvalue weighted by molar-refractivity contribution is 9.10. The van der Waals surface area contributed by atoms with Gasteiger partial charge < -0.3 is 10.5 Å². The van der Waals surface area contributed by atoms with Crippen LogP contribution in [-0.4, -0.2) is 24.9 Å². The third-order valence-electron chi connectivity index (χ3n) is 2.09. The third kappa shape index (κ3) is 5.57. The number of amidine groups is 1. The van der Waals surface area contributed by atoms with Crippen LogP contribution in [-0.2, 0) is 10.5 Å². The van der Waals surface area contributed by atoms with E-state index in [1.54, 1.807) is 18.9 Å². The van der Waals surface area contributed by atoms with Crippen molar-refractivity contribution in [1.29, 1.82) is 0 Å². The molecule has 0 aliphatic rings. The molecule has 2 N–H and O–H groups in total. The minimum absolute atomic E-state index is 0.103. The maximum Gasteiger partial charge on any atom is 0.154 e. The first-order valence-electron chi connectivity index (χ1n) is 5.32. The van der Waals surface area contributed by atoms with Gasteiger partial charge in [0.1, 0.15) is 0 Å². The van der Waals surface area contributed by atoms with Crippen LogP contribution < -0.4 is 5.73 Å². The quantitative estimate of drug-likeness (QED) is 0.671. The SMILES string of the molecule is COC[C@H](C)N=C(N)SCc1ccccc1Br. The summed E-state index contributed by atoms with van der Waals surface area (Å²) in [6, 6.07) is 8.21. The van der Waals surface area contributed by atoms with Gasteiger partial charge in [-0.2, -0.15) is 0 Å². The van der Waals surface area contributed by atoms with Gasteiger partial charge in [0, 0.05) is 17.3 Å². The molecular formula is C12H17BrN2OS. The molecule has 0 amide bonds. The molecular weight excluding hydrogens is 300 g/mol. The number of hydrogen-bond donors (Lipinski definition) is 1. The van der Waals surface area contributed by atoms with Gasteiger partial charge in [-0.05, 0) is 18.6 Å². The van der Waals surface area contributed by atoms with Crippen molar-refractivity contribution in [3.8, 4) is 0 Å². The molecule has 17 heavy (non-hydrogen) atoms. The standard InChI is InChI=1S/C12H17BrN2OS/c1-9(7-16-2)15-12(14)17-8-10-5-3-4-6-11(10)13/h3-6,9H,7-8H2,1-2H3,(H2,14,15)/t9-/m0/s1. The summed E-state index contributed by atoms with van der Waals surface area (Å²) in [4.78, 5) is 4.33. The van der Waals surface area contributed by atoms with Crippen LogP contribution in [0.25, 0.3) is 0 Å². The molecule has 1 atom stereocenters. The first-order valence-corrected chi connectivity index (χ1v) is 7.09. The molecule has 0 aromatic heterocycles. The third-order valence-corrected chi connectivity index (χ3v) is 3.72. The zero-order valence-corrected chi connectivity index (χ0v) is 12.4. The summed E-state index contributed by atoms with van der Waals surface area (Å²) in [5, 5.41) is 0.602. The number of nitrogens with two attached hydrogens (primary N) is 1. The van der Waals surface area contributed by atoms with E-state index in [0.29, 0.717) is 11.8 Å². The fraction of sp³-hybridized carbons (Fsp3) is 0.417. The summed E-state index contributed by atoms with van der Waals surface area (Å²) in [6.07, 6.45) is 0. The normalized spacial score (nSPS) is 13.7. The van der Waals surface area contributed by atoms with E-state index in [2.05, 4.69) is 27.0 Å². The molecule has 0 saturated heterocycles. The van der Waals surface area contributed by atoms with E-state index >= 15 is 0 Å².